The molecule has 0 aromatic heterocycles. The average Bonchev–Trinajstić information content (AvgIpc) is 2.41. The van der Waals surface area contributed by atoms with E-state index in [1.807, 2.05) is 0 Å². The fourth-order valence-corrected chi connectivity index (χ4v) is 3.83. The molecule has 0 saturated carbocycles. The molecule has 0 bridgehead atoms. The summed E-state index contributed by atoms with van der Waals surface area (Å²) >= 11 is 4.86. The van der Waals surface area contributed by atoms with Gasteiger partial charge < -0.3 is 0 Å². The van der Waals surface area contributed by atoms with Crippen LogP contribution in [0.2, 0.25) is 0 Å². The van der Waals surface area contributed by atoms with Gasteiger partial charge >= 0.3 is 0 Å². The van der Waals surface area contributed by atoms with Gasteiger partial charge in [-0.3, -0.25) is 0 Å². The zero-order valence-corrected chi connectivity index (χ0v) is 16.4. The van der Waals surface area contributed by atoms with E-state index in [-0.39, 0.29) is 0 Å². The van der Waals surface area contributed by atoms with Crippen molar-refractivity contribution in [3.05, 3.63) is 53.7 Å². The van der Waals surface area contributed by atoms with Crippen LogP contribution in [0.4, 0.5) is 0 Å². The third kappa shape index (κ3) is 2.15. The van der Waals surface area contributed by atoms with Gasteiger partial charge in [0.25, 0.3) is 0 Å². The third-order valence-electron chi connectivity index (χ3n) is 4.31. The molecule has 0 unspecified atom stereocenters. The molecule has 0 saturated heterocycles. The highest BCUT2D eigenvalue weighted by Crippen LogP contribution is 2.35. The zero-order valence-electron chi connectivity index (χ0n) is 12.1. The van der Waals surface area contributed by atoms with Crippen LogP contribution < -0.4 is 0 Å². The minimum absolute atomic E-state index is 1.33. The molecule has 0 radical (unpaired) electrons. The highest BCUT2D eigenvalue weighted by Gasteiger charge is 2.11. The van der Waals surface area contributed by atoms with Crippen molar-refractivity contribution in [2.45, 2.75) is 27.7 Å². The number of fused-ring (bicyclic) bond motifs is 2. The lowest BCUT2D eigenvalue weighted by atomic mass is 9.91. The number of hydrogen-bond donors (Lipinski definition) is 0. The summed E-state index contributed by atoms with van der Waals surface area (Å²) in [7, 11) is 0. The standard InChI is InChI=1S/C18H16I2/c1-9-5-13-11(3)15-7-17(19)18(20)8-16(15)12(4)14(13)6-10(9)2/h5-8H,1-4H3. The molecule has 0 aliphatic rings. The molecule has 0 aliphatic carbocycles. The summed E-state index contributed by atoms with van der Waals surface area (Å²) in [5.41, 5.74) is 5.55. The van der Waals surface area contributed by atoms with Gasteiger partial charge in [0.1, 0.15) is 0 Å². The maximum atomic E-state index is 2.43. The summed E-state index contributed by atoms with van der Waals surface area (Å²) in [4.78, 5) is 0. The second-order valence-electron chi connectivity index (χ2n) is 5.54. The normalized spacial score (nSPS) is 11.5. The summed E-state index contributed by atoms with van der Waals surface area (Å²) in [6.45, 7) is 8.90. The van der Waals surface area contributed by atoms with Crippen LogP contribution in [0.25, 0.3) is 21.5 Å². The Labute approximate surface area is 147 Å². The lowest BCUT2D eigenvalue weighted by Crippen LogP contribution is -1.93. The van der Waals surface area contributed by atoms with E-state index in [0.29, 0.717) is 0 Å². The predicted octanol–water partition coefficient (Wildman–Crippen LogP) is 6.44. The van der Waals surface area contributed by atoms with Crippen LogP contribution in [0, 0.1) is 34.8 Å². The molecule has 102 valence electrons. The Morgan fingerprint density at radius 2 is 0.850 bits per heavy atom. The first-order valence-corrected chi connectivity index (χ1v) is 8.84. The summed E-state index contributed by atoms with van der Waals surface area (Å²) < 4.78 is 2.67. The number of benzene rings is 3. The van der Waals surface area contributed by atoms with Crippen LogP contribution in [0.1, 0.15) is 22.3 Å². The van der Waals surface area contributed by atoms with Crippen LogP contribution in [-0.2, 0) is 0 Å². The SMILES string of the molecule is Cc1cc2c(C)c3cc(I)c(I)cc3c(C)c2cc1C. The number of rotatable bonds is 0. The molecule has 0 atom stereocenters. The predicted molar refractivity (Wildman–Crippen MR) is 106 cm³/mol. The minimum Gasteiger partial charge on any atom is -0.0509 e. The van der Waals surface area contributed by atoms with Crippen molar-refractivity contribution in [1.29, 1.82) is 0 Å². The highest BCUT2D eigenvalue weighted by atomic mass is 127. The third-order valence-corrected chi connectivity index (χ3v) is 7.13. The van der Waals surface area contributed by atoms with Gasteiger partial charge in [-0.25, -0.2) is 0 Å². The second kappa shape index (κ2) is 5.13. The van der Waals surface area contributed by atoms with Crippen LogP contribution >= 0.6 is 45.2 Å². The van der Waals surface area contributed by atoms with Crippen LogP contribution in [0.5, 0.6) is 0 Å². The molecule has 0 nitrogen and oxygen atoms in total. The van der Waals surface area contributed by atoms with Crippen LogP contribution in [0.15, 0.2) is 24.3 Å². The Kier molecular flexibility index (Phi) is 3.73. The molecule has 0 N–H and O–H groups in total. The number of aryl methyl sites for hydroxylation is 4. The van der Waals surface area contributed by atoms with Gasteiger partial charge in [0, 0.05) is 7.14 Å². The maximum absolute atomic E-state index is 2.43. The van der Waals surface area contributed by atoms with Crippen molar-refractivity contribution in [3.63, 3.8) is 0 Å². The molecular weight excluding hydrogens is 470 g/mol. The molecule has 0 amide bonds. The lowest BCUT2D eigenvalue weighted by molar-refractivity contribution is 1.35. The van der Waals surface area contributed by atoms with Crippen molar-refractivity contribution >= 4 is 66.7 Å². The fourth-order valence-electron chi connectivity index (χ4n) is 2.89. The first-order valence-electron chi connectivity index (χ1n) is 6.69. The zero-order chi connectivity index (χ0) is 14.6. The summed E-state index contributed by atoms with van der Waals surface area (Å²) in [6, 6.07) is 9.35. The van der Waals surface area contributed by atoms with E-state index < -0.39 is 0 Å². The first kappa shape index (κ1) is 14.6. The summed E-state index contributed by atoms with van der Waals surface area (Å²) in [5.74, 6) is 0. The molecule has 0 fully saturated rings. The maximum Gasteiger partial charge on any atom is 0.0270 e. The van der Waals surface area contributed by atoms with E-state index in [1.165, 1.54) is 50.9 Å². The Morgan fingerprint density at radius 3 is 1.20 bits per heavy atom. The molecule has 0 heterocycles. The Bertz CT molecular complexity index is 720. The van der Waals surface area contributed by atoms with Crippen LogP contribution in [0.3, 0.4) is 0 Å². The summed E-state index contributed by atoms with van der Waals surface area (Å²) in [6.07, 6.45) is 0. The monoisotopic (exact) mass is 486 g/mol. The van der Waals surface area contributed by atoms with Crippen molar-refractivity contribution in [2.24, 2.45) is 0 Å². The molecule has 3 rings (SSSR count). The Balaban J connectivity index is 2.60. The van der Waals surface area contributed by atoms with E-state index in [2.05, 4.69) is 97.1 Å². The van der Waals surface area contributed by atoms with E-state index in [1.54, 1.807) is 0 Å². The van der Waals surface area contributed by atoms with E-state index in [9.17, 15) is 0 Å². The van der Waals surface area contributed by atoms with Crippen molar-refractivity contribution in [3.8, 4) is 0 Å². The van der Waals surface area contributed by atoms with E-state index in [0.717, 1.165) is 0 Å². The Morgan fingerprint density at radius 1 is 0.550 bits per heavy atom. The average molecular weight is 486 g/mol. The van der Waals surface area contributed by atoms with Crippen molar-refractivity contribution < 1.29 is 0 Å². The fraction of sp³-hybridized carbons (Fsp3) is 0.222. The lowest BCUT2D eigenvalue weighted by Gasteiger charge is -2.15. The van der Waals surface area contributed by atoms with Gasteiger partial charge in [-0.05, 0) is 129 Å². The molecule has 0 spiro atoms. The highest BCUT2D eigenvalue weighted by molar-refractivity contribution is 14.1. The quantitative estimate of drug-likeness (QED) is 0.254. The molecule has 0 aliphatic heterocycles. The molecule has 3 aromatic rings. The molecule has 2 heteroatoms. The Hall–Kier alpha value is -0.360. The molecular formula is C18H16I2. The minimum atomic E-state index is 1.33. The topological polar surface area (TPSA) is 0 Å². The van der Waals surface area contributed by atoms with Gasteiger partial charge in [-0.2, -0.15) is 0 Å². The van der Waals surface area contributed by atoms with Crippen molar-refractivity contribution in [2.75, 3.05) is 0 Å². The van der Waals surface area contributed by atoms with E-state index >= 15 is 0 Å². The largest absolute Gasteiger partial charge is 0.0509 e. The number of hydrogen-bond acceptors (Lipinski definition) is 0. The smallest absolute Gasteiger partial charge is 0.0270 e. The van der Waals surface area contributed by atoms with Crippen LogP contribution in [-0.4, -0.2) is 0 Å². The number of halogens is 2. The van der Waals surface area contributed by atoms with Gasteiger partial charge in [0.2, 0.25) is 0 Å². The van der Waals surface area contributed by atoms with Crippen molar-refractivity contribution in [1.82, 2.24) is 0 Å². The molecule has 20 heavy (non-hydrogen) atoms. The van der Waals surface area contributed by atoms with E-state index in [4.69, 9.17) is 0 Å². The summed E-state index contributed by atoms with van der Waals surface area (Å²) in [5, 5.41) is 5.58. The second-order valence-corrected chi connectivity index (χ2v) is 7.87. The van der Waals surface area contributed by atoms with Gasteiger partial charge in [-0.15, -0.1) is 0 Å². The van der Waals surface area contributed by atoms with Gasteiger partial charge in [0.05, 0.1) is 0 Å². The first-order chi connectivity index (χ1) is 9.40. The molecule has 3 aromatic carbocycles. The van der Waals surface area contributed by atoms with Gasteiger partial charge in [-0.1, -0.05) is 12.1 Å². The van der Waals surface area contributed by atoms with Gasteiger partial charge in [0.15, 0.2) is 0 Å².